The van der Waals surface area contributed by atoms with Crippen LogP contribution in [-0.4, -0.2) is 36.4 Å². The molecule has 1 N–H and O–H groups in total. The molecule has 1 aromatic heterocycles. The Bertz CT molecular complexity index is 571. The number of imidazole rings is 1. The van der Waals surface area contributed by atoms with Crippen molar-refractivity contribution >= 4 is 5.95 Å². The molecule has 0 aliphatic carbocycles. The minimum atomic E-state index is -0.408. The molecule has 0 amide bonds. The zero-order chi connectivity index (χ0) is 14.5. The maximum Gasteiger partial charge on any atom is 0.207 e. The van der Waals surface area contributed by atoms with Crippen LogP contribution >= 0.6 is 0 Å². The van der Waals surface area contributed by atoms with E-state index in [1.807, 2.05) is 6.92 Å². The first-order valence-corrected chi connectivity index (χ1v) is 6.28. The Morgan fingerprint density at radius 2 is 2.20 bits per heavy atom. The lowest BCUT2D eigenvalue weighted by atomic mass is 10.3. The van der Waals surface area contributed by atoms with Gasteiger partial charge in [-0.05, 0) is 19.1 Å². The summed E-state index contributed by atoms with van der Waals surface area (Å²) in [5.74, 6) is 0.449. The highest BCUT2D eigenvalue weighted by Gasteiger charge is 2.10. The van der Waals surface area contributed by atoms with Gasteiger partial charge >= 0.3 is 0 Å². The molecule has 0 saturated carbocycles. The van der Waals surface area contributed by atoms with Gasteiger partial charge in [-0.3, -0.25) is 4.57 Å². The Hall–Kier alpha value is -2.08. The predicted molar refractivity (Wildman–Crippen MR) is 75.0 cm³/mol. The number of ether oxygens (including phenoxy) is 2. The summed E-state index contributed by atoms with van der Waals surface area (Å²) in [7, 11) is 3.08. The Labute approximate surface area is 117 Å². The number of halogens is 1. The fourth-order valence-corrected chi connectivity index (χ4v) is 1.94. The van der Waals surface area contributed by atoms with E-state index in [4.69, 9.17) is 9.47 Å². The molecule has 0 fully saturated rings. The number of hydrogen-bond donors (Lipinski definition) is 1. The van der Waals surface area contributed by atoms with E-state index >= 15 is 0 Å². The van der Waals surface area contributed by atoms with Gasteiger partial charge in [-0.2, -0.15) is 0 Å². The van der Waals surface area contributed by atoms with E-state index in [0.29, 0.717) is 18.2 Å². The van der Waals surface area contributed by atoms with Crippen LogP contribution in [0.3, 0.4) is 0 Å². The number of nitrogens with one attached hydrogen (secondary N) is 1. The monoisotopic (exact) mass is 279 g/mol. The zero-order valence-electron chi connectivity index (χ0n) is 11.8. The van der Waals surface area contributed by atoms with E-state index in [1.165, 1.54) is 13.2 Å². The van der Waals surface area contributed by atoms with E-state index in [1.54, 1.807) is 36.2 Å². The molecule has 2 aromatic rings. The maximum absolute atomic E-state index is 13.8. The second-order valence-electron chi connectivity index (χ2n) is 4.44. The Kier molecular flexibility index (Phi) is 4.57. The number of anilines is 1. The quantitative estimate of drug-likeness (QED) is 0.882. The van der Waals surface area contributed by atoms with Crippen LogP contribution in [-0.2, 0) is 4.74 Å². The first-order valence-electron chi connectivity index (χ1n) is 6.28. The number of aromatic nitrogens is 2. The van der Waals surface area contributed by atoms with E-state index in [9.17, 15) is 4.39 Å². The molecule has 1 heterocycles. The van der Waals surface area contributed by atoms with Crippen molar-refractivity contribution in [3.05, 3.63) is 36.4 Å². The number of benzene rings is 1. The van der Waals surface area contributed by atoms with Crippen molar-refractivity contribution in [3.63, 3.8) is 0 Å². The van der Waals surface area contributed by atoms with Crippen molar-refractivity contribution in [2.24, 2.45) is 0 Å². The zero-order valence-corrected chi connectivity index (χ0v) is 11.8. The number of hydrogen-bond acceptors (Lipinski definition) is 4. The van der Waals surface area contributed by atoms with Gasteiger partial charge in [0.2, 0.25) is 5.95 Å². The highest BCUT2D eigenvalue weighted by atomic mass is 19.1. The van der Waals surface area contributed by atoms with Gasteiger partial charge in [0.1, 0.15) is 0 Å². The van der Waals surface area contributed by atoms with Crippen LogP contribution in [0.1, 0.15) is 6.92 Å². The number of nitrogens with zero attached hydrogens (tertiary/aromatic N) is 2. The molecule has 1 unspecified atom stereocenters. The van der Waals surface area contributed by atoms with Crippen LogP contribution in [0.15, 0.2) is 30.6 Å². The summed E-state index contributed by atoms with van der Waals surface area (Å²) in [6, 6.07) is 4.87. The fraction of sp³-hybridized carbons (Fsp3) is 0.357. The van der Waals surface area contributed by atoms with Gasteiger partial charge in [0.15, 0.2) is 11.6 Å². The van der Waals surface area contributed by atoms with E-state index < -0.39 is 5.82 Å². The third-order valence-electron chi connectivity index (χ3n) is 2.85. The average molecular weight is 279 g/mol. The van der Waals surface area contributed by atoms with Gasteiger partial charge in [-0.25, -0.2) is 9.37 Å². The summed E-state index contributed by atoms with van der Waals surface area (Å²) < 4.78 is 25.5. The van der Waals surface area contributed by atoms with Crippen LogP contribution in [0, 0.1) is 5.82 Å². The van der Waals surface area contributed by atoms with Gasteiger partial charge in [-0.15, -0.1) is 0 Å². The van der Waals surface area contributed by atoms with Crippen LogP contribution in [0.4, 0.5) is 10.3 Å². The molecule has 1 aromatic carbocycles. The number of rotatable bonds is 6. The molecule has 20 heavy (non-hydrogen) atoms. The summed E-state index contributed by atoms with van der Waals surface area (Å²) in [4.78, 5) is 4.23. The summed E-state index contributed by atoms with van der Waals surface area (Å²) >= 11 is 0. The molecule has 1 atom stereocenters. The lowest BCUT2D eigenvalue weighted by molar-refractivity contribution is 0.190. The van der Waals surface area contributed by atoms with Gasteiger partial charge in [-0.1, -0.05) is 0 Å². The first-order chi connectivity index (χ1) is 9.65. The largest absolute Gasteiger partial charge is 0.494 e. The average Bonchev–Trinajstić information content (AvgIpc) is 2.87. The summed E-state index contributed by atoms with van der Waals surface area (Å²) in [5.41, 5.74) is 0.674. The fourth-order valence-electron chi connectivity index (χ4n) is 1.94. The molecule has 0 saturated heterocycles. The van der Waals surface area contributed by atoms with Crippen molar-refractivity contribution in [2.45, 2.75) is 13.0 Å². The van der Waals surface area contributed by atoms with Crippen molar-refractivity contribution in [2.75, 3.05) is 26.1 Å². The van der Waals surface area contributed by atoms with E-state index in [2.05, 4.69) is 10.3 Å². The third kappa shape index (κ3) is 3.08. The van der Waals surface area contributed by atoms with Gasteiger partial charge in [0.05, 0.1) is 19.4 Å². The molecule has 0 aliphatic heterocycles. The van der Waals surface area contributed by atoms with Crippen LogP contribution < -0.4 is 10.1 Å². The molecule has 0 spiro atoms. The van der Waals surface area contributed by atoms with E-state index in [-0.39, 0.29) is 11.8 Å². The van der Waals surface area contributed by atoms with Crippen LogP contribution in [0.25, 0.3) is 5.69 Å². The molecule has 108 valence electrons. The second-order valence-corrected chi connectivity index (χ2v) is 4.44. The van der Waals surface area contributed by atoms with Crippen molar-refractivity contribution in [3.8, 4) is 11.4 Å². The van der Waals surface area contributed by atoms with Gasteiger partial charge in [0.25, 0.3) is 0 Å². The normalized spacial score (nSPS) is 12.2. The van der Waals surface area contributed by atoms with Crippen LogP contribution in [0.2, 0.25) is 0 Å². The van der Waals surface area contributed by atoms with Crippen molar-refractivity contribution in [1.29, 1.82) is 0 Å². The van der Waals surface area contributed by atoms with Gasteiger partial charge in [0, 0.05) is 31.6 Å². The van der Waals surface area contributed by atoms with Gasteiger partial charge < -0.3 is 14.8 Å². The molecular formula is C14H18FN3O2. The lowest BCUT2D eigenvalue weighted by Crippen LogP contribution is -2.22. The molecule has 6 heteroatoms. The minimum Gasteiger partial charge on any atom is -0.494 e. The second kappa shape index (κ2) is 6.38. The molecule has 0 aliphatic rings. The Morgan fingerprint density at radius 3 is 2.85 bits per heavy atom. The molecule has 5 nitrogen and oxygen atoms in total. The smallest absolute Gasteiger partial charge is 0.207 e. The Balaban J connectivity index is 2.25. The van der Waals surface area contributed by atoms with E-state index in [0.717, 1.165) is 0 Å². The lowest BCUT2D eigenvalue weighted by Gasteiger charge is -2.15. The molecule has 0 radical (unpaired) electrons. The minimum absolute atomic E-state index is 0.101. The molecular weight excluding hydrogens is 261 g/mol. The predicted octanol–water partition coefficient (Wildman–Crippen LogP) is 2.47. The summed E-state index contributed by atoms with van der Waals surface area (Å²) in [6.07, 6.45) is 3.42. The van der Waals surface area contributed by atoms with Crippen LogP contribution in [0.5, 0.6) is 5.75 Å². The SMILES string of the molecule is COCC(C)Nc1nccn1-c1ccc(OC)c(F)c1. The summed E-state index contributed by atoms with van der Waals surface area (Å²) in [5, 5.41) is 3.21. The molecule has 0 bridgehead atoms. The van der Waals surface area contributed by atoms with Crippen molar-refractivity contribution in [1.82, 2.24) is 9.55 Å². The summed E-state index contributed by atoms with van der Waals surface area (Å²) in [6.45, 7) is 2.54. The topological polar surface area (TPSA) is 48.3 Å². The standard InChI is InChI=1S/C14H18FN3O2/c1-10(9-19-2)17-14-16-6-7-18(14)11-4-5-13(20-3)12(15)8-11/h4-8,10H,9H2,1-3H3,(H,16,17). The maximum atomic E-state index is 13.8. The Morgan fingerprint density at radius 1 is 1.40 bits per heavy atom. The third-order valence-corrected chi connectivity index (χ3v) is 2.85. The van der Waals surface area contributed by atoms with Crippen molar-refractivity contribution < 1.29 is 13.9 Å². The highest BCUT2D eigenvalue weighted by molar-refractivity contribution is 5.45. The first kappa shape index (κ1) is 14.3. The molecule has 2 rings (SSSR count). The number of methoxy groups -OCH3 is 2. The highest BCUT2D eigenvalue weighted by Crippen LogP contribution is 2.22.